The van der Waals surface area contributed by atoms with Crippen molar-refractivity contribution in [3.63, 3.8) is 0 Å². The molecule has 0 unspecified atom stereocenters. The predicted octanol–water partition coefficient (Wildman–Crippen LogP) is 3.62. The number of likely N-dealkylation sites (N-methyl/N-ethyl adjacent to an activating group) is 1. The maximum atomic E-state index is 13.3. The highest BCUT2D eigenvalue weighted by Gasteiger charge is 2.23. The van der Waals surface area contributed by atoms with Crippen LogP contribution in [-0.2, 0) is 4.74 Å². The van der Waals surface area contributed by atoms with Crippen LogP contribution in [0.2, 0.25) is 0 Å². The van der Waals surface area contributed by atoms with Crippen LogP contribution in [0.4, 0.5) is 10.5 Å². The molecule has 0 spiro atoms. The third kappa shape index (κ3) is 3.94. The van der Waals surface area contributed by atoms with Crippen molar-refractivity contribution in [3.8, 4) is 28.6 Å². The molecule has 2 aromatic carbocycles. The summed E-state index contributed by atoms with van der Waals surface area (Å²) in [5.41, 5.74) is 1.67. The average molecular weight is 440 g/mol. The molecule has 32 heavy (non-hydrogen) atoms. The zero-order valence-electron chi connectivity index (χ0n) is 18.3. The summed E-state index contributed by atoms with van der Waals surface area (Å²) in [6.07, 6.45) is 0. The molecule has 2 amide bonds. The van der Waals surface area contributed by atoms with Gasteiger partial charge in [0.15, 0.2) is 22.8 Å². The average Bonchev–Trinajstić information content (AvgIpc) is 3.25. The highest BCUT2D eigenvalue weighted by Crippen LogP contribution is 2.39. The van der Waals surface area contributed by atoms with E-state index in [2.05, 4.69) is 5.32 Å². The molecule has 1 aromatic heterocycles. The number of nitrogens with zero attached hydrogens (tertiary/aromatic N) is 1. The Morgan fingerprint density at radius 3 is 2.69 bits per heavy atom. The monoisotopic (exact) mass is 440 g/mol. The van der Waals surface area contributed by atoms with Crippen molar-refractivity contribution >= 4 is 22.7 Å². The number of anilines is 1. The number of benzene rings is 2. The van der Waals surface area contributed by atoms with Gasteiger partial charge in [0.25, 0.3) is 0 Å². The smallest absolute Gasteiger partial charge is 0.321 e. The van der Waals surface area contributed by atoms with Crippen LogP contribution in [0.25, 0.3) is 22.3 Å². The first kappa shape index (κ1) is 21.5. The Kier molecular flexibility index (Phi) is 5.91. The second kappa shape index (κ2) is 8.80. The Labute approximate surface area is 184 Å². The van der Waals surface area contributed by atoms with Gasteiger partial charge in [-0.15, -0.1) is 0 Å². The maximum Gasteiger partial charge on any atom is 0.321 e. The number of amides is 2. The number of ether oxygens (including phenoxy) is 4. The molecule has 2 heterocycles. The molecule has 3 aromatic rings. The first-order valence-electron chi connectivity index (χ1n) is 9.99. The van der Waals surface area contributed by atoms with Gasteiger partial charge in [0.05, 0.1) is 24.8 Å². The van der Waals surface area contributed by atoms with E-state index in [1.165, 1.54) is 12.0 Å². The summed E-state index contributed by atoms with van der Waals surface area (Å²) < 4.78 is 27.4. The topological polar surface area (TPSA) is 99.5 Å². The SMILES string of the molecule is COCCN(C)C(=O)Nc1cc(C)cc2c(=O)c(OC)c(-c3ccc4c(c3)OCO4)oc12. The van der Waals surface area contributed by atoms with Crippen LogP contribution in [0.15, 0.2) is 39.5 Å². The molecule has 168 valence electrons. The van der Waals surface area contributed by atoms with Gasteiger partial charge in [-0.25, -0.2) is 4.79 Å². The van der Waals surface area contributed by atoms with Crippen molar-refractivity contribution in [1.29, 1.82) is 0 Å². The third-order valence-electron chi connectivity index (χ3n) is 5.15. The fraction of sp³-hybridized carbons (Fsp3) is 0.304. The Hall–Kier alpha value is -3.72. The van der Waals surface area contributed by atoms with Crippen LogP contribution in [0.5, 0.6) is 17.2 Å². The summed E-state index contributed by atoms with van der Waals surface area (Å²) in [5.74, 6) is 1.45. The van der Waals surface area contributed by atoms with E-state index in [1.807, 2.05) is 6.92 Å². The summed E-state index contributed by atoms with van der Waals surface area (Å²) in [6, 6.07) is 8.33. The standard InChI is InChI=1S/C23H24N2O7/c1-13-9-15-19(26)22(29-4)20(14-5-6-17-18(11-14)31-12-30-17)32-21(15)16(10-13)24-23(27)25(2)7-8-28-3/h5-6,9-11H,7-8,12H2,1-4H3,(H,24,27). The van der Waals surface area contributed by atoms with Crippen LogP contribution in [0, 0.1) is 6.92 Å². The highest BCUT2D eigenvalue weighted by molar-refractivity contribution is 6.00. The fourth-order valence-corrected chi connectivity index (χ4v) is 3.47. The van der Waals surface area contributed by atoms with E-state index in [0.717, 1.165) is 5.56 Å². The van der Waals surface area contributed by atoms with Crippen molar-refractivity contribution in [1.82, 2.24) is 4.90 Å². The van der Waals surface area contributed by atoms with E-state index in [4.69, 9.17) is 23.4 Å². The molecule has 1 N–H and O–H groups in total. The molecular formula is C23H24N2O7. The van der Waals surface area contributed by atoms with Crippen molar-refractivity contribution in [3.05, 3.63) is 46.1 Å². The number of carbonyl (C=O) groups is 1. The van der Waals surface area contributed by atoms with Gasteiger partial charge in [-0.2, -0.15) is 0 Å². The van der Waals surface area contributed by atoms with Gasteiger partial charge in [0.2, 0.25) is 18.0 Å². The van der Waals surface area contributed by atoms with E-state index >= 15 is 0 Å². The Morgan fingerprint density at radius 1 is 1.16 bits per heavy atom. The van der Waals surface area contributed by atoms with E-state index in [0.29, 0.717) is 41.3 Å². The number of aryl methyl sites for hydroxylation is 1. The molecule has 0 atom stereocenters. The first-order valence-corrected chi connectivity index (χ1v) is 9.99. The number of carbonyl (C=O) groups excluding carboxylic acids is 1. The lowest BCUT2D eigenvalue weighted by Gasteiger charge is -2.18. The molecular weight excluding hydrogens is 416 g/mol. The van der Waals surface area contributed by atoms with E-state index in [-0.39, 0.29) is 35.3 Å². The second-order valence-electron chi connectivity index (χ2n) is 7.40. The van der Waals surface area contributed by atoms with Gasteiger partial charge >= 0.3 is 6.03 Å². The summed E-state index contributed by atoms with van der Waals surface area (Å²) in [7, 11) is 4.64. The van der Waals surface area contributed by atoms with Crippen LogP contribution in [0.1, 0.15) is 5.56 Å². The fourth-order valence-electron chi connectivity index (χ4n) is 3.47. The Morgan fingerprint density at radius 2 is 1.94 bits per heavy atom. The molecule has 4 rings (SSSR count). The highest BCUT2D eigenvalue weighted by atomic mass is 16.7. The Bertz CT molecular complexity index is 1240. The minimum Gasteiger partial charge on any atom is -0.490 e. The number of urea groups is 1. The normalized spacial score (nSPS) is 12.1. The molecule has 0 bridgehead atoms. The molecule has 1 aliphatic rings. The van der Waals surface area contributed by atoms with Gasteiger partial charge in [-0.1, -0.05) is 0 Å². The van der Waals surface area contributed by atoms with Crippen LogP contribution in [0.3, 0.4) is 0 Å². The quantitative estimate of drug-likeness (QED) is 0.625. The van der Waals surface area contributed by atoms with Crippen molar-refractivity contribution < 1.29 is 28.2 Å². The maximum absolute atomic E-state index is 13.3. The molecule has 9 nitrogen and oxygen atoms in total. The molecule has 0 saturated carbocycles. The zero-order valence-corrected chi connectivity index (χ0v) is 18.3. The third-order valence-corrected chi connectivity index (χ3v) is 5.15. The largest absolute Gasteiger partial charge is 0.490 e. The van der Waals surface area contributed by atoms with Gasteiger partial charge in [0.1, 0.15) is 0 Å². The second-order valence-corrected chi connectivity index (χ2v) is 7.40. The molecule has 0 saturated heterocycles. The summed E-state index contributed by atoms with van der Waals surface area (Å²) in [5, 5.41) is 3.14. The van der Waals surface area contributed by atoms with E-state index in [9.17, 15) is 9.59 Å². The van der Waals surface area contributed by atoms with Gasteiger partial charge < -0.3 is 33.6 Å². The lowest BCUT2D eigenvalue weighted by molar-refractivity contribution is 0.165. The minimum absolute atomic E-state index is 0.0662. The lowest BCUT2D eigenvalue weighted by atomic mass is 10.1. The number of nitrogens with one attached hydrogen (secondary N) is 1. The van der Waals surface area contributed by atoms with Crippen molar-refractivity contribution in [2.75, 3.05) is 46.5 Å². The summed E-state index contributed by atoms with van der Waals surface area (Å²) >= 11 is 0. The van der Waals surface area contributed by atoms with Crippen LogP contribution < -0.4 is 25.0 Å². The summed E-state index contributed by atoms with van der Waals surface area (Å²) in [4.78, 5) is 27.4. The number of hydrogen-bond acceptors (Lipinski definition) is 7. The molecule has 0 radical (unpaired) electrons. The van der Waals surface area contributed by atoms with Gasteiger partial charge in [-0.05, 0) is 42.8 Å². The van der Waals surface area contributed by atoms with E-state index < -0.39 is 0 Å². The number of fused-ring (bicyclic) bond motifs is 2. The summed E-state index contributed by atoms with van der Waals surface area (Å²) in [6.45, 7) is 2.77. The van der Waals surface area contributed by atoms with E-state index in [1.54, 1.807) is 44.5 Å². The first-order chi connectivity index (χ1) is 15.4. The van der Waals surface area contributed by atoms with Crippen molar-refractivity contribution in [2.24, 2.45) is 0 Å². The molecule has 0 fully saturated rings. The minimum atomic E-state index is -0.350. The molecule has 9 heteroatoms. The molecule has 0 aliphatic carbocycles. The van der Waals surface area contributed by atoms with Gasteiger partial charge in [0, 0.05) is 26.3 Å². The predicted molar refractivity (Wildman–Crippen MR) is 119 cm³/mol. The Balaban J connectivity index is 1.84. The number of methoxy groups -OCH3 is 2. The number of hydrogen-bond donors (Lipinski definition) is 1. The van der Waals surface area contributed by atoms with Crippen molar-refractivity contribution in [2.45, 2.75) is 6.92 Å². The van der Waals surface area contributed by atoms with Crippen LogP contribution in [-0.4, -0.2) is 52.1 Å². The number of rotatable bonds is 6. The molecule has 1 aliphatic heterocycles. The van der Waals surface area contributed by atoms with Crippen LogP contribution >= 0.6 is 0 Å². The lowest BCUT2D eigenvalue weighted by Crippen LogP contribution is -2.33. The van der Waals surface area contributed by atoms with Gasteiger partial charge in [-0.3, -0.25) is 4.79 Å². The zero-order chi connectivity index (χ0) is 22.8.